The Hall–Kier alpha value is -0.410. The lowest BCUT2D eigenvalue weighted by molar-refractivity contribution is 0.352. The Balaban J connectivity index is 1.99. The van der Waals surface area contributed by atoms with E-state index in [-0.39, 0.29) is 5.82 Å². The molecular weight excluding hydrogens is 329 g/mol. The van der Waals surface area contributed by atoms with Gasteiger partial charge in [0, 0.05) is 6.04 Å². The Kier molecular flexibility index (Phi) is 7.18. The molecule has 1 N–H and O–H groups in total. The average molecular weight is 356 g/mol. The SMILES string of the molecule is CCNC(Cc1cccc(F)c1Br)CC1CCCCCC1. The van der Waals surface area contributed by atoms with Gasteiger partial charge in [-0.1, -0.05) is 57.6 Å². The summed E-state index contributed by atoms with van der Waals surface area (Å²) in [6, 6.07) is 5.81. The summed E-state index contributed by atoms with van der Waals surface area (Å²) in [5.74, 6) is 0.682. The van der Waals surface area contributed by atoms with Crippen LogP contribution in [0.1, 0.15) is 57.4 Å². The molecule has 0 aromatic heterocycles. The molecule has 1 aliphatic rings. The largest absolute Gasteiger partial charge is 0.314 e. The Morgan fingerprint density at radius 3 is 2.62 bits per heavy atom. The number of hydrogen-bond acceptors (Lipinski definition) is 1. The van der Waals surface area contributed by atoms with E-state index in [2.05, 4.69) is 28.2 Å². The molecule has 21 heavy (non-hydrogen) atoms. The van der Waals surface area contributed by atoms with Crippen LogP contribution in [0.25, 0.3) is 0 Å². The molecular formula is C18H27BrFN. The minimum Gasteiger partial charge on any atom is -0.314 e. The predicted octanol–water partition coefficient (Wildman–Crippen LogP) is 5.47. The van der Waals surface area contributed by atoms with Crippen molar-refractivity contribution >= 4 is 15.9 Å². The van der Waals surface area contributed by atoms with E-state index in [9.17, 15) is 4.39 Å². The minimum absolute atomic E-state index is 0.155. The maximum atomic E-state index is 13.7. The first-order valence-corrected chi connectivity index (χ1v) is 9.16. The zero-order chi connectivity index (χ0) is 15.1. The molecule has 0 spiro atoms. The molecule has 0 bridgehead atoms. The first-order valence-electron chi connectivity index (χ1n) is 8.37. The zero-order valence-electron chi connectivity index (χ0n) is 13.0. The maximum absolute atomic E-state index is 13.7. The number of likely N-dealkylation sites (N-methyl/N-ethyl adjacent to an activating group) is 1. The van der Waals surface area contributed by atoms with E-state index in [4.69, 9.17) is 0 Å². The van der Waals surface area contributed by atoms with E-state index >= 15 is 0 Å². The lowest BCUT2D eigenvalue weighted by atomic mass is 9.90. The fraction of sp³-hybridized carbons (Fsp3) is 0.667. The van der Waals surface area contributed by atoms with Gasteiger partial charge in [-0.15, -0.1) is 0 Å². The summed E-state index contributed by atoms with van der Waals surface area (Å²) in [5, 5.41) is 3.60. The standard InChI is InChI=1S/C18H27BrFN/c1-2-21-16(12-14-8-5-3-4-6-9-14)13-15-10-7-11-17(20)18(15)19/h7,10-11,14,16,21H,2-6,8-9,12-13H2,1H3. The van der Waals surface area contributed by atoms with Gasteiger partial charge in [-0.2, -0.15) is 0 Å². The quantitative estimate of drug-likeness (QED) is 0.667. The highest BCUT2D eigenvalue weighted by Crippen LogP contribution is 2.28. The van der Waals surface area contributed by atoms with Gasteiger partial charge in [0.2, 0.25) is 0 Å². The second-order valence-electron chi connectivity index (χ2n) is 6.26. The van der Waals surface area contributed by atoms with Crippen LogP contribution in [0.4, 0.5) is 4.39 Å². The molecule has 1 fully saturated rings. The van der Waals surface area contributed by atoms with E-state index in [1.807, 2.05) is 12.1 Å². The Morgan fingerprint density at radius 2 is 1.95 bits per heavy atom. The second kappa shape index (κ2) is 8.89. The van der Waals surface area contributed by atoms with Gasteiger partial charge in [0.1, 0.15) is 5.82 Å². The molecule has 0 amide bonds. The van der Waals surface area contributed by atoms with E-state index in [0.29, 0.717) is 10.5 Å². The summed E-state index contributed by atoms with van der Waals surface area (Å²) in [7, 11) is 0. The van der Waals surface area contributed by atoms with Crippen LogP contribution in [0.3, 0.4) is 0 Å². The molecule has 2 rings (SSSR count). The fourth-order valence-corrected chi connectivity index (χ4v) is 3.93. The number of nitrogens with one attached hydrogen (secondary N) is 1. The number of rotatable bonds is 6. The van der Waals surface area contributed by atoms with Crippen molar-refractivity contribution in [1.82, 2.24) is 5.32 Å². The molecule has 0 saturated heterocycles. The van der Waals surface area contributed by atoms with Crippen LogP contribution < -0.4 is 5.32 Å². The van der Waals surface area contributed by atoms with Crippen LogP contribution >= 0.6 is 15.9 Å². The molecule has 0 heterocycles. The molecule has 0 radical (unpaired) electrons. The molecule has 0 aliphatic heterocycles. The summed E-state index contributed by atoms with van der Waals surface area (Å²) in [6.45, 7) is 3.13. The normalized spacial score (nSPS) is 18.4. The van der Waals surface area contributed by atoms with Gasteiger partial charge in [0.25, 0.3) is 0 Å². The number of halogens is 2. The summed E-state index contributed by atoms with van der Waals surface area (Å²) < 4.78 is 14.3. The number of hydrogen-bond donors (Lipinski definition) is 1. The zero-order valence-corrected chi connectivity index (χ0v) is 14.6. The molecule has 118 valence electrons. The third kappa shape index (κ3) is 5.37. The summed E-state index contributed by atoms with van der Waals surface area (Å²) in [5.41, 5.74) is 1.08. The Labute approximate surface area is 136 Å². The van der Waals surface area contributed by atoms with Crippen molar-refractivity contribution in [2.24, 2.45) is 5.92 Å². The predicted molar refractivity (Wildman–Crippen MR) is 91.1 cm³/mol. The van der Waals surface area contributed by atoms with Crippen LogP contribution in [-0.2, 0) is 6.42 Å². The highest BCUT2D eigenvalue weighted by molar-refractivity contribution is 9.10. The first-order chi connectivity index (χ1) is 10.2. The molecule has 1 unspecified atom stereocenters. The van der Waals surface area contributed by atoms with Gasteiger partial charge in [-0.3, -0.25) is 0 Å². The van der Waals surface area contributed by atoms with E-state index < -0.39 is 0 Å². The maximum Gasteiger partial charge on any atom is 0.137 e. The lowest BCUT2D eigenvalue weighted by Crippen LogP contribution is -2.33. The molecule has 1 aliphatic carbocycles. The first kappa shape index (κ1) is 17.0. The highest BCUT2D eigenvalue weighted by Gasteiger charge is 2.19. The van der Waals surface area contributed by atoms with Crippen LogP contribution in [-0.4, -0.2) is 12.6 Å². The van der Waals surface area contributed by atoms with Crippen molar-refractivity contribution in [3.63, 3.8) is 0 Å². The Morgan fingerprint density at radius 1 is 1.24 bits per heavy atom. The van der Waals surface area contributed by atoms with Crippen molar-refractivity contribution in [1.29, 1.82) is 0 Å². The molecule has 1 aromatic carbocycles. The summed E-state index contributed by atoms with van der Waals surface area (Å²) >= 11 is 3.39. The average Bonchev–Trinajstić information content (AvgIpc) is 2.73. The third-order valence-electron chi connectivity index (χ3n) is 4.58. The monoisotopic (exact) mass is 355 g/mol. The topological polar surface area (TPSA) is 12.0 Å². The lowest BCUT2D eigenvalue weighted by Gasteiger charge is -2.24. The van der Waals surface area contributed by atoms with Crippen molar-refractivity contribution in [2.75, 3.05) is 6.54 Å². The molecule has 1 atom stereocenters. The van der Waals surface area contributed by atoms with E-state index in [1.165, 1.54) is 51.0 Å². The molecule has 1 nitrogen and oxygen atoms in total. The van der Waals surface area contributed by atoms with Crippen molar-refractivity contribution in [2.45, 2.75) is 64.3 Å². The Bertz CT molecular complexity index is 427. The highest BCUT2D eigenvalue weighted by atomic mass is 79.9. The minimum atomic E-state index is -0.155. The third-order valence-corrected chi connectivity index (χ3v) is 5.47. The van der Waals surface area contributed by atoms with E-state index in [0.717, 1.165) is 24.4 Å². The van der Waals surface area contributed by atoms with E-state index in [1.54, 1.807) is 0 Å². The van der Waals surface area contributed by atoms with Gasteiger partial charge in [0.05, 0.1) is 4.47 Å². The smallest absolute Gasteiger partial charge is 0.137 e. The molecule has 1 aromatic rings. The number of benzene rings is 1. The second-order valence-corrected chi connectivity index (χ2v) is 7.06. The summed E-state index contributed by atoms with van der Waals surface area (Å²) in [4.78, 5) is 0. The van der Waals surface area contributed by atoms with Gasteiger partial charge in [0.15, 0.2) is 0 Å². The fourth-order valence-electron chi connectivity index (χ4n) is 3.50. The van der Waals surface area contributed by atoms with Crippen molar-refractivity contribution in [3.8, 4) is 0 Å². The van der Waals surface area contributed by atoms with Crippen LogP contribution in [0, 0.1) is 11.7 Å². The van der Waals surface area contributed by atoms with Gasteiger partial charge >= 0.3 is 0 Å². The van der Waals surface area contributed by atoms with Crippen LogP contribution in [0.15, 0.2) is 22.7 Å². The van der Waals surface area contributed by atoms with Gasteiger partial charge < -0.3 is 5.32 Å². The van der Waals surface area contributed by atoms with Crippen molar-refractivity contribution < 1.29 is 4.39 Å². The summed E-state index contributed by atoms with van der Waals surface area (Å²) in [6.07, 6.45) is 10.4. The molecule has 3 heteroatoms. The van der Waals surface area contributed by atoms with Crippen molar-refractivity contribution in [3.05, 3.63) is 34.1 Å². The van der Waals surface area contributed by atoms with Crippen LogP contribution in [0.5, 0.6) is 0 Å². The van der Waals surface area contributed by atoms with Crippen LogP contribution in [0.2, 0.25) is 0 Å². The van der Waals surface area contributed by atoms with Gasteiger partial charge in [-0.25, -0.2) is 4.39 Å². The van der Waals surface area contributed by atoms with Gasteiger partial charge in [-0.05, 0) is 52.9 Å². The molecule has 1 saturated carbocycles.